The van der Waals surface area contributed by atoms with Crippen molar-refractivity contribution in [2.75, 3.05) is 4.72 Å². The van der Waals surface area contributed by atoms with Gasteiger partial charge < -0.3 is 14.3 Å². The van der Waals surface area contributed by atoms with E-state index in [2.05, 4.69) is 4.72 Å². The van der Waals surface area contributed by atoms with Crippen LogP contribution in [0.2, 0.25) is 0 Å². The maximum absolute atomic E-state index is 13.1. The molecule has 0 saturated carbocycles. The highest BCUT2D eigenvalue weighted by atomic mass is 32.2. The number of hydrogen-bond donors (Lipinski definition) is 1. The Balaban J connectivity index is 1.97. The Hall–Kier alpha value is -3.32. The third-order valence-electron chi connectivity index (χ3n) is 4.94. The number of carbonyl (C=O) groups is 1. The summed E-state index contributed by atoms with van der Waals surface area (Å²) in [6, 6.07) is 13.6. The van der Waals surface area contributed by atoms with Gasteiger partial charge in [-0.25, -0.2) is 8.42 Å². The van der Waals surface area contributed by atoms with Crippen LogP contribution in [-0.2, 0) is 10.0 Å². The molecule has 4 rings (SSSR count). The zero-order valence-corrected chi connectivity index (χ0v) is 16.9. The van der Waals surface area contributed by atoms with E-state index in [0.29, 0.717) is 27.3 Å². The van der Waals surface area contributed by atoms with E-state index in [1.54, 1.807) is 56.3 Å². The molecule has 1 aromatic heterocycles. The molecule has 0 bridgehead atoms. The van der Waals surface area contributed by atoms with Crippen LogP contribution >= 0.6 is 0 Å². The summed E-state index contributed by atoms with van der Waals surface area (Å²) in [5.74, 6) is -1.17. The van der Waals surface area contributed by atoms with Crippen molar-refractivity contribution in [1.29, 1.82) is 0 Å². The summed E-state index contributed by atoms with van der Waals surface area (Å²) in [5.41, 5.74) is 2.15. The van der Waals surface area contributed by atoms with Gasteiger partial charge in [0.2, 0.25) is 0 Å². The van der Waals surface area contributed by atoms with Gasteiger partial charge in [-0.05, 0) is 38.5 Å². The third kappa shape index (κ3) is 3.13. The van der Waals surface area contributed by atoms with E-state index in [1.165, 1.54) is 6.07 Å². The third-order valence-corrected chi connectivity index (χ3v) is 6.47. The standard InChI is InChI=1S/C22H19NO5S/c1-12-8-9-19(13(2)10-12)29(26,27)23-18-11-17-20(22(24)25)14(3)28-21(17)16-7-5-4-6-15(16)18/h4-11,23H,1-3H3,(H,24,25)/p-1. The van der Waals surface area contributed by atoms with Crippen LogP contribution in [0.4, 0.5) is 5.69 Å². The minimum atomic E-state index is -3.89. The van der Waals surface area contributed by atoms with Gasteiger partial charge >= 0.3 is 0 Å². The van der Waals surface area contributed by atoms with Crippen LogP contribution in [-0.4, -0.2) is 14.4 Å². The molecule has 4 aromatic rings. The van der Waals surface area contributed by atoms with Gasteiger partial charge in [0.25, 0.3) is 10.0 Å². The molecule has 0 radical (unpaired) electrons. The summed E-state index contributed by atoms with van der Waals surface area (Å²) < 4.78 is 34.4. The molecule has 0 atom stereocenters. The van der Waals surface area contributed by atoms with Gasteiger partial charge in [0, 0.05) is 21.7 Å². The fraction of sp³-hybridized carbons (Fsp3) is 0.136. The predicted molar refractivity (Wildman–Crippen MR) is 110 cm³/mol. The SMILES string of the molecule is Cc1ccc(S(=O)(=O)Nc2cc3c(C(=O)[O-])c(C)oc3c3ccccc23)c(C)c1. The highest BCUT2D eigenvalue weighted by Crippen LogP contribution is 2.37. The van der Waals surface area contributed by atoms with Crippen molar-refractivity contribution in [2.24, 2.45) is 0 Å². The topological polar surface area (TPSA) is 99.4 Å². The van der Waals surface area contributed by atoms with Crippen LogP contribution in [0.25, 0.3) is 21.7 Å². The van der Waals surface area contributed by atoms with Crippen molar-refractivity contribution in [2.45, 2.75) is 25.7 Å². The first kappa shape index (κ1) is 19.0. The molecule has 6 nitrogen and oxygen atoms in total. The average molecular weight is 408 g/mol. The Morgan fingerprint density at radius 2 is 1.66 bits per heavy atom. The zero-order valence-electron chi connectivity index (χ0n) is 16.1. The molecule has 0 spiro atoms. The lowest BCUT2D eigenvalue weighted by atomic mass is 10.0. The Morgan fingerprint density at radius 3 is 2.31 bits per heavy atom. The molecule has 7 heteroatoms. The highest BCUT2D eigenvalue weighted by molar-refractivity contribution is 7.92. The normalized spacial score (nSPS) is 11.8. The van der Waals surface area contributed by atoms with Gasteiger partial charge in [-0.15, -0.1) is 0 Å². The maximum atomic E-state index is 13.1. The fourth-order valence-electron chi connectivity index (χ4n) is 3.68. The van der Waals surface area contributed by atoms with Crippen LogP contribution in [0.5, 0.6) is 0 Å². The van der Waals surface area contributed by atoms with Gasteiger partial charge in [0.1, 0.15) is 11.3 Å². The molecule has 0 fully saturated rings. The second kappa shape index (κ2) is 6.63. The number of sulfonamides is 1. The molecule has 1 N–H and O–H groups in total. The summed E-state index contributed by atoms with van der Waals surface area (Å²) in [6.07, 6.45) is 0. The quantitative estimate of drug-likeness (QED) is 0.555. The van der Waals surface area contributed by atoms with Crippen molar-refractivity contribution >= 4 is 43.4 Å². The Morgan fingerprint density at radius 1 is 0.966 bits per heavy atom. The first-order valence-corrected chi connectivity index (χ1v) is 10.4. The lowest BCUT2D eigenvalue weighted by Gasteiger charge is -2.14. The average Bonchev–Trinajstić information content (AvgIpc) is 2.97. The van der Waals surface area contributed by atoms with Crippen LogP contribution in [0, 0.1) is 20.8 Å². The number of carboxylic acids is 1. The number of carbonyl (C=O) groups excluding carboxylic acids is 1. The van der Waals surface area contributed by atoms with Crippen molar-refractivity contribution in [3.63, 3.8) is 0 Å². The smallest absolute Gasteiger partial charge is 0.262 e. The van der Waals surface area contributed by atoms with E-state index < -0.39 is 16.0 Å². The lowest BCUT2D eigenvalue weighted by molar-refractivity contribution is -0.254. The van der Waals surface area contributed by atoms with Crippen LogP contribution < -0.4 is 9.83 Å². The van der Waals surface area contributed by atoms with Crippen molar-refractivity contribution < 1.29 is 22.7 Å². The zero-order chi connectivity index (χ0) is 20.9. The van der Waals surface area contributed by atoms with Crippen molar-refractivity contribution in [3.8, 4) is 0 Å². The first-order chi connectivity index (χ1) is 13.7. The predicted octanol–water partition coefficient (Wildman–Crippen LogP) is 3.68. The van der Waals surface area contributed by atoms with Gasteiger partial charge in [-0.2, -0.15) is 0 Å². The van der Waals surface area contributed by atoms with E-state index in [1.807, 2.05) is 6.92 Å². The minimum absolute atomic E-state index is 0.0854. The Bertz CT molecular complexity index is 1400. The molecule has 0 saturated heterocycles. The molecular weight excluding hydrogens is 390 g/mol. The highest BCUT2D eigenvalue weighted by Gasteiger charge is 2.21. The number of anilines is 1. The first-order valence-electron chi connectivity index (χ1n) is 8.95. The molecule has 0 aliphatic carbocycles. The Kier molecular flexibility index (Phi) is 4.35. The van der Waals surface area contributed by atoms with E-state index in [9.17, 15) is 18.3 Å². The Labute approximate surface area is 167 Å². The number of hydrogen-bond acceptors (Lipinski definition) is 5. The number of aromatic carboxylic acids is 1. The minimum Gasteiger partial charge on any atom is -0.545 e. The van der Waals surface area contributed by atoms with Gasteiger partial charge in [-0.1, -0.05) is 42.0 Å². The molecular formula is C22H18NO5S-. The van der Waals surface area contributed by atoms with Crippen molar-refractivity contribution in [1.82, 2.24) is 0 Å². The number of rotatable bonds is 4. The number of nitrogens with one attached hydrogen (secondary N) is 1. The number of benzene rings is 3. The fourth-order valence-corrected chi connectivity index (χ4v) is 4.98. The number of carboxylic acid groups (broad SMARTS) is 1. The van der Waals surface area contributed by atoms with E-state index in [-0.39, 0.29) is 21.9 Å². The molecule has 0 aliphatic heterocycles. The van der Waals surface area contributed by atoms with Crippen LogP contribution in [0.1, 0.15) is 27.2 Å². The molecule has 3 aromatic carbocycles. The summed E-state index contributed by atoms with van der Waals surface area (Å²) in [4.78, 5) is 11.8. The molecule has 148 valence electrons. The number of aryl methyl sites for hydroxylation is 3. The summed E-state index contributed by atoms with van der Waals surface area (Å²) in [5, 5.41) is 13.1. The lowest BCUT2D eigenvalue weighted by Crippen LogP contribution is -2.22. The van der Waals surface area contributed by atoms with E-state index in [0.717, 1.165) is 5.56 Å². The monoisotopic (exact) mass is 408 g/mol. The van der Waals surface area contributed by atoms with Crippen molar-refractivity contribution in [3.05, 3.63) is 71.0 Å². The van der Waals surface area contributed by atoms with E-state index in [4.69, 9.17) is 4.42 Å². The molecule has 1 heterocycles. The maximum Gasteiger partial charge on any atom is 0.262 e. The summed E-state index contributed by atoms with van der Waals surface area (Å²) in [6.45, 7) is 5.16. The second-order valence-electron chi connectivity index (χ2n) is 7.04. The number of fused-ring (bicyclic) bond motifs is 3. The summed E-state index contributed by atoms with van der Waals surface area (Å²) >= 11 is 0. The van der Waals surface area contributed by atoms with Gasteiger partial charge in [-0.3, -0.25) is 4.72 Å². The second-order valence-corrected chi connectivity index (χ2v) is 8.69. The molecule has 0 amide bonds. The molecule has 29 heavy (non-hydrogen) atoms. The van der Waals surface area contributed by atoms with Crippen LogP contribution in [0.3, 0.4) is 0 Å². The number of furan rings is 1. The molecule has 0 unspecified atom stereocenters. The largest absolute Gasteiger partial charge is 0.545 e. The van der Waals surface area contributed by atoms with Crippen LogP contribution in [0.15, 0.2) is 57.8 Å². The molecule has 0 aliphatic rings. The van der Waals surface area contributed by atoms with E-state index >= 15 is 0 Å². The van der Waals surface area contributed by atoms with Gasteiger partial charge in [0.15, 0.2) is 0 Å². The summed E-state index contributed by atoms with van der Waals surface area (Å²) in [7, 11) is -3.89. The van der Waals surface area contributed by atoms with Gasteiger partial charge in [0.05, 0.1) is 16.6 Å².